The standard InChI is InChI=1S/C14H17FN2O2S/c1-10(2)18-6-7-20-9-13-16-17-14(19-13)11-4-3-5-12(15)8-11/h3-5,8,10H,6-7,9H2,1-2H3. The van der Waals surface area contributed by atoms with E-state index in [2.05, 4.69) is 10.2 Å². The molecule has 6 heteroatoms. The smallest absolute Gasteiger partial charge is 0.247 e. The van der Waals surface area contributed by atoms with Gasteiger partial charge in [0.05, 0.1) is 18.5 Å². The summed E-state index contributed by atoms with van der Waals surface area (Å²) in [5.41, 5.74) is 0.594. The van der Waals surface area contributed by atoms with Crippen LogP contribution in [0.1, 0.15) is 19.7 Å². The lowest BCUT2D eigenvalue weighted by Crippen LogP contribution is -2.05. The van der Waals surface area contributed by atoms with E-state index in [4.69, 9.17) is 9.15 Å². The van der Waals surface area contributed by atoms with Crippen LogP contribution < -0.4 is 0 Å². The average molecular weight is 296 g/mol. The van der Waals surface area contributed by atoms with Crippen molar-refractivity contribution in [1.82, 2.24) is 10.2 Å². The van der Waals surface area contributed by atoms with Gasteiger partial charge in [0.15, 0.2) is 0 Å². The van der Waals surface area contributed by atoms with Crippen LogP contribution in [0.4, 0.5) is 4.39 Å². The SMILES string of the molecule is CC(C)OCCSCc1nnc(-c2cccc(F)c2)o1. The second-order valence-electron chi connectivity index (χ2n) is 4.48. The van der Waals surface area contributed by atoms with Gasteiger partial charge in [-0.2, -0.15) is 0 Å². The van der Waals surface area contributed by atoms with E-state index in [0.29, 0.717) is 29.7 Å². The van der Waals surface area contributed by atoms with Crippen LogP contribution in [-0.4, -0.2) is 28.7 Å². The first-order valence-electron chi connectivity index (χ1n) is 6.43. The fourth-order valence-electron chi connectivity index (χ4n) is 1.55. The molecule has 0 unspecified atom stereocenters. The Morgan fingerprint density at radius 2 is 2.20 bits per heavy atom. The maximum atomic E-state index is 13.1. The molecule has 0 bridgehead atoms. The number of ether oxygens (including phenoxy) is 1. The fraction of sp³-hybridized carbons (Fsp3) is 0.429. The molecule has 2 aromatic rings. The van der Waals surface area contributed by atoms with Gasteiger partial charge in [-0.05, 0) is 32.0 Å². The largest absolute Gasteiger partial charge is 0.420 e. The first-order valence-corrected chi connectivity index (χ1v) is 7.58. The summed E-state index contributed by atoms with van der Waals surface area (Å²) < 4.78 is 24.0. The highest BCUT2D eigenvalue weighted by Crippen LogP contribution is 2.20. The van der Waals surface area contributed by atoms with Crippen molar-refractivity contribution in [2.45, 2.75) is 25.7 Å². The van der Waals surface area contributed by atoms with Crippen molar-refractivity contribution in [1.29, 1.82) is 0 Å². The molecule has 0 spiro atoms. The first-order chi connectivity index (χ1) is 9.65. The summed E-state index contributed by atoms with van der Waals surface area (Å²) in [5.74, 6) is 2.07. The Labute approximate surface area is 121 Å². The van der Waals surface area contributed by atoms with Crippen LogP contribution in [0.2, 0.25) is 0 Å². The summed E-state index contributed by atoms with van der Waals surface area (Å²) in [5, 5.41) is 7.88. The lowest BCUT2D eigenvalue weighted by atomic mass is 10.2. The molecule has 0 saturated carbocycles. The fourth-order valence-corrected chi connectivity index (χ4v) is 2.20. The van der Waals surface area contributed by atoms with Crippen LogP contribution in [0, 0.1) is 5.82 Å². The molecular weight excluding hydrogens is 279 g/mol. The zero-order chi connectivity index (χ0) is 14.4. The van der Waals surface area contributed by atoms with E-state index >= 15 is 0 Å². The van der Waals surface area contributed by atoms with Crippen LogP contribution in [0.25, 0.3) is 11.5 Å². The van der Waals surface area contributed by atoms with Crippen molar-refractivity contribution in [2.75, 3.05) is 12.4 Å². The van der Waals surface area contributed by atoms with Gasteiger partial charge >= 0.3 is 0 Å². The predicted molar refractivity (Wildman–Crippen MR) is 76.9 cm³/mol. The molecule has 0 atom stereocenters. The Balaban J connectivity index is 1.83. The molecule has 0 fully saturated rings. The van der Waals surface area contributed by atoms with Gasteiger partial charge in [-0.1, -0.05) is 6.07 Å². The Morgan fingerprint density at radius 1 is 1.35 bits per heavy atom. The highest BCUT2D eigenvalue weighted by atomic mass is 32.2. The molecule has 0 N–H and O–H groups in total. The zero-order valence-corrected chi connectivity index (χ0v) is 12.3. The number of rotatable bonds is 7. The van der Waals surface area contributed by atoms with Gasteiger partial charge in [-0.3, -0.25) is 0 Å². The lowest BCUT2D eigenvalue weighted by molar-refractivity contribution is 0.0920. The van der Waals surface area contributed by atoms with E-state index in [0.717, 1.165) is 5.75 Å². The third-order valence-electron chi connectivity index (χ3n) is 2.44. The van der Waals surface area contributed by atoms with Crippen LogP contribution in [0.3, 0.4) is 0 Å². The van der Waals surface area contributed by atoms with E-state index in [1.807, 2.05) is 13.8 Å². The molecule has 0 aliphatic heterocycles. The van der Waals surface area contributed by atoms with Crippen LogP contribution >= 0.6 is 11.8 Å². The molecule has 0 radical (unpaired) electrons. The number of hydrogen-bond acceptors (Lipinski definition) is 5. The number of thioether (sulfide) groups is 1. The molecule has 0 aliphatic rings. The molecule has 0 saturated heterocycles. The first kappa shape index (κ1) is 15.0. The van der Waals surface area contributed by atoms with Crippen molar-refractivity contribution in [3.8, 4) is 11.5 Å². The van der Waals surface area contributed by atoms with Crippen molar-refractivity contribution < 1.29 is 13.5 Å². The normalized spacial score (nSPS) is 11.2. The third-order valence-corrected chi connectivity index (χ3v) is 3.35. The molecule has 1 aromatic heterocycles. The van der Waals surface area contributed by atoms with Gasteiger partial charge in [-0.25, -0.2) is 4.39 Å². The Bertz CT molecular complexity index is 545. The average Bonchev–Trinajstić information content (AvgIpc) is 2.87. The van der Waals surface area contributed by atoms with E-state index in [9.17, 15) is 4.39 Å². The quantitative estimate of drug-likeness (QED) is 0.731. The minimum atomic E-state index is -0.317. The van der Waals surface area contributed by atoms with E-state index in [-0.39, 0.29) is 11.9 Å². The van der Waals surface area contributed by atoms with E-state index in [1.165, 1.54) is 12.1 Å². The van der Waals surface area contributed by atoms with Crippen molar-refractivity contribution in [2.24, 2.45) is 0 Å². The van der Waals surface area contributed by atoms with Crippen LogP contribution in [-0.2, 0) is 10.5 Å². The number of halogens is 1. The Hall–Kier alpha value is -1.40. The van der Waals surface area contributed by atoms with Gasteiger partial charge in [0.25, 0.3) is 0 Å². The van der Waals surface area contributed by atoms with Crippen LogP contribution in [0.5, 0.6) is 0 Å². The van der Waals surface area contributed by atoms with Gasteiger partial charge in [0.2, 0.25) is 11.8 Å². The molecule has 108 valence electrons. The van der Waals surface area contributed by atoms with Crippen molar-refractivity contribution >= 4 is 11.8 Å². The monoisotopic (exact) mass is 296 g/mol. The van der Waals surface area contributed by atoms with Gasteiger partial charge in [-0.15, -0.1) is 22.0 Å². The molecule has 1 heterocycles. The van der Waals surface area contributed by atoms with E-state index < -0.39 is 0 Å². The minimum absolute atomic E-state index is 0.249. The second kappa shape index (κ2) is 7.40. The molecule has 4 nitrogen and oxygen atoms in total. The Kier molecular flexibility index (Phi) is 5.55. The van der Waals surface area contributed by atoms with Gasteiger partial charge in [0.1, 0.15) is 5.82 Å². The number of benzene rings is 1. The third kappa shape index (κ3) is 4.61. The number of nitrogens with zero attached hydrogens (tertiary/aromatic N) is 2. The maximum Gasteiger partial charge on any atom is 0.247 e. The summed E-state index contributed by atoms with van der Waals surface area (Å²) in [4.78, 5) is 0. The van der Waals surface area contributed by atoms with Crippen molar-refractivity contribution in [3.05, 3.63) is 36.0 Å². The van der Waals surface area contributed by atoms with Gasteiger partial charge < -0.3 is 9.15 Å². The molecule has 0 aliphatic carbocycles. The summed E-state index contributed by atoms with van der Waals surface area (Å²) in [6.07, 6.45) is 0.249. The zero-order valence-electron chi connectivity index (χ0n) is 11.5. The molecule has 1 aromatic carbocycles. The Morgan fingerprint density at radius 3 is 2.95 bits per heavy atom. The maximum absolute atomic E-state index is 13.1. The van der Waals surface area contributed by atoms with E-state index in [1.54, 1.807) is 23.9 Å². The molecule has 2 rings (SSSR count). The molecular formula is C14H17FN2O2S. The summed E-state index contributed by atoms with van der Waals surface area (Å²) in [6, 6.07) is 6.11. The van der Waals surface area contributed by atoms with Gasteiger partial charge in [0, 0.05) is 11.3 Å². The number of hydrogen-bond donors (Lipinski definition) is 0. The summed E-state index contributed by atoms with van der Waals surface area (Å²) in [7, 11) is 0. The number of aromatic nitrogens is 2. The van der Waals surface area contributed by atoms with Crippen LogP contribution in [0.15, 0.2) is 28.7 Å². The molecule has 0 amide bonds. The minimum Gasteiger partial charge on any atom is -0.420 e. The molecule has 20 heavy (non-hydrogen) atoms. The lowest BCUT2D eigenvalue weighted by Gasteiger charge is -2.05. The second-order valence-corrected chi connectivity index (χ2v) is 5.59. The van der Waals surface area contributed by atoms with Crippen molar-refractivity contribution in [3.63, 3.8) is 0 Å². The highest BCUT2D eigenvalue weighted by Gasteiger charge is 2.09. The highest BCUT2D eigenvalue weighted by molar-refractivity contribution is 7.98. The predicted octanol–water partition coefficient (Wildman–Crippen LogP) is 3.53. The summed E-state index contributed by atoms with van der Waals surface area (Å²) >= 11 is 1.66. The summed E-state index contributed by atoms with van der Waals surface area (Å²) in [6.45, 7) is 4.72. The topological polar surface area (TPSA) is 48.2 Å².